The molecule has 0 atom stereocenters. The van der Waals surface area contributed by atoms with Gasteiger partial charge in [-0.05, 0) is 44.5 Å². The molecule has 0 saturated carbocycles. The number of halogens is 4. The Balaban J connectivity index is 0.000000540. The van der Waals surface area contributed by atoms with Crippen molar-refractivity contribution in [2.24, 2.45) is 0 Å². The highest BCUT2D eigenvalue weighted by Gasteiger charge is 2.38. The van der Waals surface area contributed by atoms with Gasteiger partial charge in [-0.25, -0.2) is 9.78 Å². The summed E-state index contributed by atoms with van der Waals surface area (Å²) in [5.74, 6) is -2.24. The van der Waals surface area contributed by atoms with E-state index in [9.17, 15) is 23.2 Å². The number of benzene rings is 1. The van der Waals surface area contributed by atoms with Crippen LogP contribution in [0.4, 0.5) is 36.1 Å². The van der Waals surface area contributed by atoms with Gasteiger partial charge in [0.25, 0.3) is 0 Å². The maximum Gasteiger partial charge on any atom is 0.490 e. The minimum absolute atomic E-state index is 0.0975. The van der Waals surface area contributed by atoms with Crippen molar-refractivity contribution in [2.75, 3.05) is 34.8 Å². The number of hydrogen-bond donors (Lipinski definition) is 2. The van der Waals surface area contributed by atoms with Gasteiger partial charge in [-0.15, -0.1) is 0 Å². The molecular weight excluding hydrogens is 487 g/mol. The van der Waals surface area contributed by atoms with Crippen LogP contribution >= 0.6 is 11.6 Å². The first-order valence-corrected chi connectivity index (χ1v) is 11.1. The first-order valence-electron chi connectivity index (χ1n) is 10.8. The molecule has 1 aromatic heterocycles. The number of aromatic nitrogens is 1. The fourth-order valence-electron chi connectivity index (χ4n) is 3.43. The number of fused-ring (bicyclic) bond motifs is 1. The number of unbranched alkanes of at least 4 members (excludes halogenated alkanes) is 1. The zero-order valence-corrected chi connectivity index (χ0v) is 20.2. The van der Waals surface area contributed by atoms with E-state index in [0.29, 0.717) is 27.8 Å². The zero-order chi connectivity index (χ0) is 26.3. The van der Waals surface area contributed by atoms with Gasteiger partial charge in [0.1, 0.15) is 18.3 Å². The van der Waals surface area contributed by atoms with Crippen LogP contribution in [0.1, 0.15) is 37.9 Å². The van der Waals surface area contributed by atoms with E-state index in [1.807, 2.05) is 13.0 Å². The van der Waals surface area contributed by atoms with Gasteiger partial charge >= 0.3 is 12.1 Å². The predicted octanol–water partition coefficient (Wildman–Crippen LogP) is 5.27. The van der Waals surface area contributed by atoms with Crippen LogP contribution in [0.3, 0.4) is 0 Å². The van der Waals surface area contributed by atoms with E-state index in [2.05, 4.69) is 30.1 Å². The average Bonchev–Trinajstić information content (AvgIpc) is 2.79. The normalized spacial score (nSPS) is 12.6. The van der Waals surface area contributed by atoms with E-state index < -0.39 is 12.1 Å². The summed E-state index contributed by atoms with van der Waals surface area (Å²) in [4.78, 5) is 30.2. The number of alkyl halides is 3. The molecule has 2 heterocycles. The fourth-order valence-corrected chi connectivity index (χ4v) is 3.60. The molecule has 35 heavy (non-hydrogen) atoms. The van der Waals surface area contributed by atoms with Crippen molar-refractivity contribution in [2.45, 2.75) is 39.8 Å². The quantitative estimate of drug-likeness (QED) is 0.544. The highest BCUT2D eigenvalue weighted by molar-refractivity contribution is 6.30. The van der Waals surface area contributed by atoms with Crippen LogP contribution in [0.2, 0.25) is 5.02 Å². The summed E-state index contributed by atoms with van der Waals surface area (Å²) < 4.78 is 31.7. The third-order valence-corrected chi connectivity index (χ3v) is 5.28. The van der Waals surface area contributed by atoms with Gasteiger partial charge < -0.3 is 20.2 Å². The van der Waals surface area contributed by atoms with E-state index in [0.717, 1.165) is 37.3 Å². The van der Waals surface area contributed by atoms with Crippen LogP contribution in [-0.2, 0) is 9.59 Å². The Labute approximate surface area is 205 Å². The third kappa shape index (κ3) is 6.99. The molecule has 1 aliphatic rings. The molecule has 0 unspecified atom stereocenters. The summed E-state index contributed by atoms with van der Waals surface area (Å²) in [6, 6.07) is 9.28. The largest absolute Gasteiger partial charge is 0.490 e. The summed E-state index contributed by atoms with van der Waals surface area (Å²) in [5, 5.41) is 20.2. The van der Waals surface area contributed by atoms with Crippen molar-refractivity contribution in [3.63, 3.8) is 0 Å². The lowest BCUT2D eigenvalue weighted by Gasteiger charge is -2.34. The minimum Gasteiger partial charge on any atom is -0.475 e. The molecule has 12 heteroatoms. The van der Waals surface area contributed by atoms with Crippen molar-refractivity contribution >= 4 is 46.4 Å². The lowest BCUT2D eigenvalue weighted by molar-refractivity contribution is -0.192. The molecule has 1 aromatic carbocycles. The number of carbonyl (C=O) groups excluding carboxylic acids is 1. The highest BCUT2D eigenvalue weighted by atomic mass is 35.5. The number of carbonyl (C=O) groups is 2. The average molecular weight is 512 g/mol. The smallest absolute Gasteiger partial charge is 0.475 e. The van der Waals surface area contributed by atoms with Crippen molar-refractivity contribution in [1.82, 2.24) is 4.98 Å². The maximum atomic E-state index is 12.5. The number of nitrogens with one attached hydrogen (secondary N) is 1. The zero-order valence-electron chi connectivity index (χ0n) is 19.4. The molecule has 0 bridgehead atoms. The Morgan fingerprint density at radius 2 is 2.00 bits per heavy atom. The number of anilines is 4. The van der Waals surface area contributed by atoms with E-state index in [1.165, 1.54) is 0 Å². The molecule has 188 valence electrons. The van der Waals surface area contributed by atoms with Crippen LogP contribution in [-0.4, -0.2) is 47.8 Å². The van der Waals surface area contributed by atoms with Crippen molar-refractivity contribution in [3.05, 3.63) is 40.5 Å². The number of carboxylic acids is 1. The number of rotatable bonds is 6. The van der Waals surface area contributed by atoms with Gasteiger partial charge in [0.05, 0.1) is 16.9 Å². The number of nitriles is 1. The van der Waals surface area contributed by atoms with E-state index in [4.69, 9.17) is 26.5 Å². The van der Waals surface area contributed by atoms with Gasteiger partial charge in [-0.1, -0.05) is 24.9 Å². The number of hydrogen-bond acceptors (Lipinski definition) is 6. The minimum atomic E-state index is -5.08. The first kappa shape index (κ1) is 27.7. The van der Waals surface area contributed by atoms with Gasteiger partial charge in [-0.3, -0.25) is 4.79 Å². The van der Waals surface area contributed by atoms with E-state index in [1.54, 1.807) is 23.1 Å². The third-order valence-electron chi connectivity index (χ3n) is 5.05. The molecule has 1 aliphatic heterocycles. The number of aliphatic carboxylic acids is 1. The summed E-state index contributed by atoms with van der Waals surface area (Å²) in [7, 11) is 0. The maximum absolute atomic E-state index is 12.5. The first-order chi connectivity index (χ1) is 16.4. The molecule has 0 spiro atoms. The summed E-state index contributed by atoms with van der Waals surface area (Å²) in [5.41, 5.74) is 3.56. The van der Waals surface area contributed by atoms with Crippen LogP contribution < -0.4 is 15.1 Å². The van der Waals surface area contributed by atoms with Crippen molar-refractivity contribution in [3.8, 4) is 6.07 Å². The van der Waals surface area contributed by atoms with Gasteiger partial charge in [0.15, 0.2) is 5.82 Å². The standard InChI is InChI=1S/C21H24ClN5O.C2HF3O2/c1-4-6-9-26(5-2)18-10-14(3)24-21-20(18)25-19(28)13-27(21)17-8-7-16(22)11-15(17)12-23;3-2(4,5)1(6)7/h7-8,10-11H,4-6,9,13H2,1-3H3,(H,25,28);(H,6,7). The molecule has 0 radical (unpaired) electrons. The number of carboxylic acid groups (broad SMARTS) is 1. The Morgan fingerprint density at radius 3 is 2.54 bits per heavy atom. The number of pyridine rings is 1. The van der Waals surface area contributed by atoms with Crippen LogP contribution in [0.25, 0.3) is 0 Å². The molecule has 2 N–H and O–H groups in total. The Morgan fingerprint density at radius 1 is 1.34 bits per heavy atom. The molecular formula is C23H25ClF3N5O3. The molecule has 0 saturated heterocycles. The summed E-state index contributed by atoms with van der Waals surface area (Å²) in [6.07, 6.45) is -2.92. The summed E-state index contributed by atoms with van der Waals surface area (Å²) >= 11 is 6.05. The van der Waals surface area contributed by atoms with Gasteiger partial charge in [0, 0.05) is 23.8 Å². The van der Waals surface area contributed by atoms with Crippen LogP contribution in [0.5, 0.6) is 0 Å². The van der Waals surface area contributed by atoms with Crippen molar-refractivity contribution < 1.29 is 27.9 Å². The molecule has 0 fully saturated rings. The molecule has 3 rings (SSSR count). The van der Waals surface area contributed by atoms with E-state index in [-0.39, 0.29) is 12.5 Å². The lowest BCUT2D eigenvalue weighted by atomic mass is 10.1. The van der Waals surface area contributed by atoms with Crippen LogP contribution in [0, 0.1) is 18.3 Å². The highest BCUT2D eigenvalue weighted by Crippen LogP contribution is 2.41. The second kappa shape index (κ2) is 11.8. The van der Waals surface area contributed by atoms with Crippen LogP contribution in [0.15, 0.2) is 24.3 Å². The Bertz CT molecular complexity index is 1130. The summed E-state index contributed by atoms with van der Waals surface area (Å²) in [6.45, 7) is 8.04. The Hall–Kier alpha value is -3.52. The predicted molar refractivity (Wildman–Crippen MR) is 127 cm³/mol. The number of amides is 1. The monoisotopic (exact) mass is 511 g/mol. The Kier molecular flexibility index (Phi) is 9.31. The van der Waals surface area contributed by atoms with Gasteiger partial charge in [0.2, 0.25) is 5.91 Å². The van der Waals surface area contributed by atoms with E-state index >= 15 is 0 Å². The molecule has 8 nitrogen and oxygen atoms in total. The molecule has 0 aliphatic carbocycles. The topological polar surface area (TPSA) is 110 Å². The molecule has 2 aromatic rings. The fraction of sp³-hybridized carbons (Fsp3) is 0.391. The lowest BCUT2D eigenvalue weighted by Crippen LogP contribution is -2.38. The SMILES string of the molecule is CCCCN(CC)c1cc(C)nc2c1NC(=O)CN2c1ccc(Cl)cc1C#N.O=C(O)C(F)(F)F. The van der Waals surface area contributed by atoms with Gasteiger partial charge in [-0.2, -0.15) is 18.4 Å². The number of aryl methyl sites for hydroxylation is 1. The second-order valence-electron chi connectivity index (χ2n) is 7.63. The molecule has 1 amide bonds. The second-order valence-corrected chi connectivity index (χ2v) is 8.06. The number of nitrogens with zero attached hydrogens (tertiary/aromatic N) is 4. The van der Waals surface area contributed by atoms with Crippen molar-refractivity contribution in [1.29, 1.82) is 5.26 Å².